The van der Waals surface area contributed by atoms with Crippen LogP contribution in [0.1, 0.15) is 25.3 Å². The molecule has 0 aliphatic heterocycles. The van der Waals surface area contributed by atoms with Gasteiger partial charge in [-0.25, -0.2) is 4.39 Å². The number of hydrogen-bond donors (Lipinski definition) is 2. The zero-order valence-corrected chi connectivity index (χ0v) is 9.92. The van der Waals surface area contributed by atoms with E-state index < -0.39 is 23.2 Å². The number of hydrogen-bond acceptors (Lipinski definition) is 2. The number of aliphatic carboxylic acids is 1. The molecule has 0 saturated carbocycles. The molecule has 0 aromatic heterocycles. The summed E-state index contributed by atoms with van der Waals surface area (Å²) in [5.74, 6) is -2.23. The number of nitrogens with two attached hydrogens (primary N) is 1. The second-order valence-electron chi connectivity index (χ2n) is 4.14. The highest BCUT2D eigenvalue weighted by Crippen LogP contribution is 2.26. The molecule has 90 valence electrons. The molecule has 0 aliphatic rings. The van der Waals surface area contributed by atoms with Crippen molar-refractivity contribution < 1.29 is 14.3 Å². The van der Waals surface area contributed by atoms with Crippen LogP contribution in [0, 0.1) is 5.82 Å². The van der Waals surface area contributed by atoms with Gasteiger partial charge in [-0.05, 0) is 31.5 Å². The maximum absolute atomic E-state index is 12.7. The third kappa shape index (κ3) is 3.47. The van der Waals surface area contributed by atoms with Gasteiger partial charge >= 0.3 is 5.97 Å². The smallest absolute Gasteiger partial charge is 0.312 e. The molecular weight excluding hydrogens is 233 g/mol. The quantitative estimate of drug-likeness (QED) is 0.860. The SMILES string of the molecule is CC(C)(N)C(C(=O)O)c1ccc(F)cc1.Cl. The summed E-state index contributed by atoms with van der Waals surface area (Å²) < 4.78 is 12.7. The summed E-state index contributed by atoms with van der Waals surface area (Å²) in [5.41, 5.74) is 5.40. The number of carbonyl (C=O) groups is 1. The normalized spacial score (nSPS) is 12.8. The van der Waals surface area contributed by atoms with E-state index >= 15 is 0 Å². The number of rotatable bonds is 3. The van der Waals surface area contributed by atoms with E-state index in [1.165, 1.54) is 24.3 Å². The Balaban J connectivity index is 0.00000225. The molecule has 0 fully saturated rings. The molecule has 0 spiro atoms. The van der Waals surface area contributed by atoms with Gasteiger partial charge in [0, 0.05) is 5.54 Å². The van der Waals surface area contributed by atoms with Gasteiger partial charge in [0.2, 0.25) is 0 Å². The average Bonchev–Trinajstić information content (AvgIpc) is 2.05. The van der Waals surface area contributed by atoms with Crippen molar-refractivity contribution in [1.82, 2.24) is 0 Å². The van der Waals surface area contributed by atoms with Crippen molar-refractivity contribution in [3.63, 3.8) is 0 Å². The predicted molar refractivity (Wildman–Crippen MR) is 62.3 cm³/mol. The fourth-order valence-corrected chi connectivity index (χ4v) is 1.55. The minimum absolute atomic E-state index is 0. The largest absolute Gasteiger partial charge is 0.481 e. The van der Waals surface area contributed by atoms with Crippen molar-refractivity contribution in [1.29, 1.82) is 0 Å². The Morgan fingerprint density at radius 1 is 1.38 bits per heavy atom. The zero-order valence-electron chi connectivity index (χ0n) is 9.11. The van der Waals surface area contributed by atoms with Crippen molar-refractivity contribution in [3.8, 4) is 0 Å². The molecule has 0 heterocycles. The maximum atomic E-state index is 12.7. The third-order valence-corrected chi connectivity index (χ3v) is 2.19. The van der Waals surface area contributed by atoms with Crippen LogP contribution in [-0.2, 0) is 4.79 Å². The van der Waals surface area contributed by atoms with Gasteiger partial charge in [0.05, 0.1) is 5.92 Å². The van der Waals surface area contributed by atoms with Crippen LogP contribution in [0.25, 0.3) is 0 Å². The van der Waals surface area contributed by atoms with E-state index in [1.54, 1.807) is 13.8 Å². The predicted octanol–water partition coefficient (Wildman–Crippen LogP) is 2.15. The number of carboxylic acid groups (broad SMARTS) is 1. The lowest BCUT2D eigenvalue weighted by atomic mass is 9.83. The summed E-state index contributed by atoms with van der Waals surface area (Å²) in [4.78, 5) is 11.1. The third-order valence-electron chi connectivity index (χ3n) is 2.19. The van der Waals surface area contributed by atoms with E-state index in [-0.39, 0.29) is 12.4 Å². The van der Waals surface area contributed by atoms with Crippen LogP contribution < -0.4 is 5.73 Å². The second kappa shape index (κ2) is 5.27. The van der Waals surface area contributed by atoms with Crippen LogP contribution in [0.2, 0.25) is 0 Å². The average molecular weight is 248 g/mol. The van der Waals surface area contributed by atoms with Gasteiger partial charge in [-0.3, -0.25) is 4.79 Å². The van der Waals surface area contributed by atoms with E-state index in [0.717, 1.165) is 0 Å². The van der Waals surface area contributed by atoms with E-state index in [1.807, 2.05) is 0 Å². The summed E-state index contributed by atoms with van der Waals surface area (Å²) in [7, 11) is 0. The molecule has 0 amide bonds. The fraction of sp³-hybridized carbons (Fsp3) is 0.364. The summed E-state index contributed by atoms with van der Waals surface area (Å²) in [6.45, 7) is 3.27. The minimum atomic E-state index is -1.01. The number of carboxylic acids is 1. The molecule has 0 saturated heterocycles. The minimum Gasteiger partial charge on any atom is -0.481 e. The maximum Gasteiger partial charge on any atom is 0.312 e. The lowest BCUT2D eigenvalue weighted by Crippen LogP contribution is -2.43. The van der Waals surface area contributed by atoms with Crippen LogP contribution >= 0.6 is 12.4 Å². The Labute approximate surface area is 99.9 Å². The monoisotopic (exact) mass is 247 g/mol. The molecule has 16 heavy (non-hydrogen) atoms. The van der Waals surface area contributed by atoms with E-state index in [2.05, 4.69) is 0 Å². The van der Waals surface area contributed by atoms with Crippen LogP contribution in [0.4, 0.5) is 4.39 Å². The van der Waals surface area contributed by atoms with Crippen LogP contribution in [0.3, 0.4) is 0 Å². The Kier molecular flexibility index (Phi) is 4.90. The molecule has 3 N–H and O–H groups in total. The first kappa shape index (κ1) is 14.9. The highest BCUT2D eigenvalue weighted by Gasteiger charge is 2.33. The van der Waals surface area contributed by atoms with Crippen LogP contribution in [-0.4, -0.2) is 16.6 Å². The Morgan fingerprint density at radius 2 is 1.81 bits per heavy atom. The van der Waals surface area contributed by atoms with Gasteiger partial charge in [0.15, 0.2) is 0 Å². The lowest BCUT2D eigenvalue weighted by Gasteiger charge is -2.27. The van der Waals surface area contributed by atoms with Gasteiger partial charge in [0.25, 0.3) is 0 Å². The van der Waals surface area contributed by atoms with Crippen molar-refractivity contribution in [2.75, 3.05) is 0 Å². The molecule has 1 atom stereocenters. The summed E-state index contributed by atoms with van der Waals surface area (Å²) in [6.07, 6.45) is 0. The van der Waals surface area contributed by atoms with Crippen LogP contribution in [0.5, 0.6) is 0 Å². The molecule has 1 aromatic carbocycles. The Bertz CT molecular complexity index is 359. The number of benzene rings is 1. The lowest BCUT2D eigenvalue weighted by molar-refractivity contribution is -0.140. The topological polar surface area (TPSA) is 63.3 Å². The highest BCUT2D eigenvalue weighted by molar-refractivity contribution is 5.85. The van der Waals surface area contributed by atoms with E-state index in [4.69, 9.17) is 10.8 Å². The van der Waals surface area contributed by atoms with Gasteiger partial charge in [-0.1, -0.05) is 12.1 Å². The highest BCUT2D eigenvalue weighted by atomic mass is 35.5. The zero-order chi connectivity index (χ0) is 11.6. The van der Waals surface area contributed by atoms with E-state index in [0.29, 0.717) is 5.56 Å². The van der Waals surface area contributed by atoms with Crippen molar-refractivity contribution >= 4 is 18.4 Å². The molecule has 3 nitrogen and oxygen atoms in total. The standard InChI is InChI=1S/C11H14FNO2.ClH/c1-11(2,13)9(10(14)15)7-3-5-8(12)6-4-7;/h3-6,9H,13H2,1-2H3,(H,14,15);1H. The molecule has 0 bridgehead atoms. The summed E-state index contributed by atoms with van der Waals surface area (Å²) in [6, 6.07) is 5.36. The molecule has 1 aromatic rings. The van der Waals surface area contributed by atoms with Gasteiger partial charge in [-0.15, -0.1) is 12.4 Å². The molecular formula is C11H15ClFNO2. The molecule has 5 heteroatoms. The van der Waals surface area contributed by atoms with E-state index in [9.17, 15) is 9.18 Å². The summed E-state index contributed by atoms with van der Waals surface area (Å²) in [5, 5.41) is 9.06. The fourth-order valence-electron chi connectivity index (χ4n) is 1.55. The van der Waals surface area contributed by atoms with Crippen molar-refractivity contribution in [2.24, 2.45) is 5.73 Å². The molecule has 1 unspecified atom stereocenters. The van der Waals surface area contributed by atoms with Gasteiger partial charge < -0.3 is 10.8 Å². The first-order valence-electron chi connectivity index (χ1n) is 4.59. The Hall–Kier alpha value is -1.13. The molecule has 1 rings (SSSR count). The first-order valence-corrected chi connectivity index (χ1v) is 4.59. The molecule has 0 radical (unpaired) electrons. The number of halogens is 2. The van der Waals surface area contributed by atoms with Gasteiger partial charge in [0.1, 0.15) is 5.82 Å². The second-order valence-corrected chi connectivity index (χ2v) is 4.14. The van der Waals surface area contributed by atoms with Crippen molar-refractivity contribution in [3.05, 3.63) is 35.6 Å². The van der Waals surface area contributed by atoms with Gasteiger partial charge in [-0.2, -0.15) is 0 Å². The molecule has 0 aliphatic carbocycles. The van der Waals surface area contributed by atoms with Crippen LogP contribution in [0.15, 0.2) is 24.3 Å². The Morgan fingerprint density at radius 3 is 2.12 bits per heavy atom. The first-order chi connectivity index (χ1) is 6.82. The summed E-state index contributed by atoms with van der Waals surface area (Å²) >= 11 is 0. The van der Waals surface area contributed by atoms with Crippen molar-refractivity contribution in [2.45, 2.75) is 25.3 Å².